The van der Waals surface area contributed by atoms with Crippen molar-refractivity contribution in [3.63, 3.8) is 0 Å². The maximum Gasteiger partial charge on any atom is 0.439 e. The first-order chi connectivity index (χ1) is 11.1. The molecule has 25 heavy (non-hydrogen) atoms. The Morgan fingerprint density at radius 2 is 1.80 bits per heavy atom. The summed E-state index contributed by atoms with van der Waals surface area (Å²) in [7, 11) is 0. The monoisotopic (exact) mass is 364 g/mol. The summed E-state index contributed by atoms with van der Waals surface area (Å²) >= 11 is 0. The van der Waals surface area contributed by atoms with E-state index in [0.29, 0.717) is 12.8 Å². The maximum atomic E-state index is 13.8. The van der Waals surface area contributed by atoms with Gasteiger partial charge in [0.25, 0.3) is 5.72 Å². The van der Waals surface area contributed by atoms with E-state index in [2.05, 4.69) is 5.10 Å². The number of nitrogens with zero attached hydrogens (tertiary/aromatic N) is 2. The van der Waals surface area contributed by atoms with E-state index in [1.165, 1.54) is 0 Å². The fourth-order valence-corrected chi connectivity index (χ4v) is 3.49. The van der Waals surface area contributed by atoms with E-state index in [1.54, 1.807) is 20.8 Å². The predicted octanol–water partition coefficient (Wildman–Crippen LogP) is 4.31. The first-order valence-corrected chi connectivity index (χ1v) is 8.47. The van der Waals surface area contributed by atoms with Gasteiger partial charge < -0.3 is 9.84 Å². The zero-order valence-electron chi connectivity index (χ0n) is 15.6. The third kappa shape index (κ3) is 3.64. The summed E-state index contributed by atoms with van der Waals surface area (Å²) in [5, 5.41) is 14.6. The highest BCUT2D eigenvalue weighted by Crippen LogP contribution is 2.52. The Balaban J connectivity index is 2.40. The Morgan fingerprint density at radius 3 is 2.24 bits per heavy atom. The molecule has 1 saturated carbocycles. The van der Waals surface area contributed by atoms with Crippen LogP contribution in [0.5, 0.6) is 0 Å². The van der Waals surface area contributed by atoms with Crippen LogP contribution in [0.25, 0.3) is 0 Å². The zero-order chi connectivity index (χ0) is 19.4. The molecule has 1 aliphatic carbocycles. The lowest BCUT2D eigenvalue weighted by molar-refractivity contribution is -0.317. The molecule has 0 aromatic rings. The van der Waals surface area contributed by atoms with Crippen LogP contribution in [-0.2, 0) is 4.74 Å². The minimum absolute atomic E-state index is 0.0103. The molecule has 1 heterocycles. The SMILES string of the molecule is CC(C)(C)OC(=O)N1N=C2CC[C@H](C(C)(C)C)C[C@H]2[C@@]1(O)C(F)(F)F. The molecule has 0 aromatic heterocycles. The standard InChI is InChI=1S/C17H27F3N2O3/c1-14(2,3)10-7-8-12-11(9-10)16(24,17(18,19)20)22(21-12)13(23)25-15(4,5)6/h10-11,24H,7-9H2,1-6H3/t10-,11+,16+/m0/s1. The van der Waals surface area contributed by atoms with Crippen molar-refractivity contribution in [3.8, 4) is 0 Å². The highest BCUT2D eigenvalue weighted by Gasteiger charge is 2.70. The quantitative estimate of drug-likeness (QED) is 0.697. The Hall–Kier alpha value is -1.31. The molecule has 1 fully saturated rings. The van der Waals surface area contributed by atoms with Gasteiger partial charge in [-0.3, -0.25) is 0 Å². The van der Waals surface area contributed by atoms with E-state index in [1.807, 2.05) is 20.8 Å². The molecule has 2 aliphatic rings. The van der Waals surface area contributed by atoms with Crippen molar-refractivity contribution in [2.45, 2.75) is 78.3 Å². The number of hydrogen-bond donors (Lipinski definition) is 1. The zero-order valence-corrected chi connectivity index (χ0v) is 15.6. The summed E-state index contributed by atoms with van der Waals surface area (Å²) in [6.07, 6.45) is -5.21. The number of amides is 1. The van der Waals surface area contributed by atoms with Gasteiger partial charge in [-0.2, -0.15) is 23.3 Å². The Morgan fingerprint density at radius 1 is 1.24 bits per heavy atom. The van der Waals surface area contributed by atoms with Crippen LogP contribution in [0.1, 0.15) is 60.8 Å². The third-order valence-corrected chi connectivity index (χ3v) is 4.92. The minimum atomic E-state index is -5.04. The fourth-order valence-electron chi connectivity index (χ4n) is 3.49. The van der Waals surface area contributed by atoms with Crippen LogP contribution in [0.2, 0.25) is 0 Å². The van der Waals surface area contributed by atoms with E-state index >= 15 is 0 Å². The van der Waals surface area contributed by atoms with Crippen molar-refractivity contribution >= 4 is 11.8 Å². The lowest BCUT2D eigenvalue weighted by Gasteiger charge is -2.42. The van der Waals surface area contributed by atoms with Gasteiger partial charge in [-0.25, -0.2) is 4.79 Å². The van der Waals surface area contributed by atoms with Gasteiger partial charge in [0.2, 0.25) is 0 Å². The number of rotatable bonds is 0. The molecule has 0 saturated heterocycles. The van der Waals surface area contributed by atoms with E-state index in [4.69, 9.17) is 4.74 Å². The molecular weight excluding hydrogens is 337 g/mol. The minimum Gasteiger partial charge on any atom is -0.442 e. The largest absolute Gasteiger partial charge is 0.442 e. The summed E-state index contributed by atoms with van der Waals surface area (Å²) in [6.45, 7) is 10.5. The van der Waals surface area contributed by atoms with Gasteiger partial charge in [0.1, 0.15) is 5.60 Å². The van der Waals surface area contributed by atoms with Gasteiger partial charge in [0.05, 0.1) is 5.92 Å². The van der Waals surface area contributed by atoms with Crippen LogP contribution in [0.3, 0.4) is 0 Å². The van der Waals surface area contributed by atoms with Gasteiger partial charge in [-0.05, 0) is 51.4 Å². The second kappa shape index (κ2) is 5.86. The topological polar surface area (TPSA) is 62.1 Å². The lowest BCUT2D eigenvalue weighted by atomic mass is 9.66. The highest BCUT2D eigenvalue weighted by atomic mass is 19.4. The van der Waals surface area contributed by atoms with E-state index in [-0.39, 0.29) is 28.5 Å². The first kappa shape index (κ1) is 20.0. The number of hydrogen-bond acceptors (Lipinski definition) is 4. The van der Waals surface area contributed by atoms with Crippen molar-refractivity contribution in [3.05, 3.63) is 0 Å². The molecule has 5 nitrogen and oxygen atoms in total. The molecule has 0 aromatic carbocycles. The van der Waals surface area contributed by atoms with Gasteiger partial charge in [0.15, 0.2) is 0 Å². The second-order valence-electron chi connectivity index (χ2n) is 9.00. The van der Waals surface area contributed by atoms with Gasteiger partial charge in [0, 0.05) is 5.71 Å². The Labute approximate surface area is 146 Å². The number of alkyl halides is 3. The molecule has 0 unspecified atom stereocenters. The van der Waals surface area contributed by atoms with Crippen molar-refractivity contribution in [2.75, 3.05) is 0 Å². The maximum absolute atomic E-state index is 13.8. The number of carbonyl (C=O) groups excluding carboxylic acids is 1. The number of hydrazone groups is 1. The average Bonchev–Trinajstić information content (AvgIpc) is 2.70. The highest BCUT2D eigenvalue weighted by molar-refractivity contribution is 5.92. The molecule has 1 aliphatic heterocycles. The molecule has 1 amide bonds. The van der Waals surface area contributed by atoms with Crippen molar-refractivity contribution in [1.29, 1.82) is 0 Å². The molecule has 0 spiro atoms. The summed E-state index contributed by atoms with van der Waals surface area (Å²) in [5.74, 6) is -1.28. The molecule has 0 bridgehead atoms. The van der Waals surface area contributed by atoms with Gasteiger partial charge >= 0.3 is 12.3 Å². The average molecular weight is 364 g/mol. The molecule has 8 heteroatoms. The van der Waals surface area contributed by atoms with E-state index < -0.39 is 29.5 Å². The molecule has 3 atom stereocenters. The summed E-state index contributed by atoms with van der Waals surface area (Å²) in [5.41, 5.74) is -4.34. The fraction of sp³-hybridized carbons (Fsp3) is 0.882. The van der Waals surface area contributed by atoms with E-state index in [9.17, 15) is 23.1 Å². The number of ether oxygens (including phenoxy) is 1. The van der Waals surface area contributed by atoms with E-state index in [0.717, 1.165) is 0 Å². The van der Waals surface area contributed by atoms with Crippen molar-refractivity contribution < 1.29 is 27.8 Å². The van der Waals surface area contributed by atoms with Gasteiger partial charge in [-0.1, -0.05) is 20.8 Å². The lowest BCUT2D eigenvalue weighted by Crippen LogP contribution is -2.62. The number of fused-ring (bicyclic) bond motifs is 1. The van der Waals surface area contributed by atoms with Crippen LogP contribution in [0.15, 0.2) is 5.10 Å². The summed E-state index contributed by atoms with van der Waals surface area (Å²) in [6, 6.07) is 0. The predicted molar refractivity (Wildman–Crippen MR) is 86.8 cm³/mol. The van der Waals surface area contributed by atoms with Crippen LogP contribution < -0.4 is 0 Å². The molecule has 144 valence electrons. The van der Waals surface area contributed by atoms with Crippen LogP contribution in [0, 0.1) is 17.3 Å². The molecule has 1 N–H and O–H groups in total. The van der Waals surface area contributed by atoms with Crippen LogP contribution in [0.4, 0.5) is 18.0 Å². The van der Waals surface area contributed by atoms with Crippen molar-refractivity contribution in [1.82, 2.24) is 5.01 Å². The summed E-state index contributed by atoms with van der Waals surface area (Å²) in [4.78, 5) is 12.3. The van der Waals surface area contributed by atoms with Gasteiger partial charge in [-0.15, -0.1) is 0 Å². The Bertz CT molecular complexity index is 575. The third-order valence-electron chi connectivity index (χ3n) is 4.92. The van der Waals surface area contributed by atoms with Crippen molar-refractivity contribution in [2.24, 2.45) is 22.4 Å². The summed E-state index contributed by atoms with van der Waals surface area (Å²) < 4.78 is 46.5. The smallest absolute Gasteiger partial charge is 0.439 e. The Kier molecular flexibility index (Phi) is 4.69. The number of carbonyl (C=O) groups is 1. The molecule has 2 rings (SSSR count). The number of aliphatic hydroxyl groups is 1. The molecule has 0 radical (unpaired) electrons. The van der Waals surface area contributed by atoms with Crippen LogP contribution >= 0.6 is 0 Å². The molecular formula is C17H27F3N2O3. The normalized spacial score (nSPS) is 30.8. The van der Waals surface area contributed by atoms with Crippen LogP contribution in [-0.4, -0.2) is 39.4 Å². The first-order valence-electron chi connectivity index (χ1n) is 8.47. The second-order valence-corrected chi connectivity index (χ2v) is 9.00. The number of halogens is 3.